The highest BCUT2D eigenvalue weighted by atomic mass is 19.1. The summed E-state index contributed by atoms with van der Waals surface area (Å²) in [5.41, 5.74) is -0.0690. The Morgan fingerprint density at radius 2 is 2.30 bits per heavy atom. The average molecular weight is 280 g/mol. The van der Waals surface area contributed by atoms with E-state index in [1.165, 1.54) is 25.2 Å². The minimum atomic E-state index is -0.445. The normalized spacial score (nSPS) is 18.4. The van der Waals surface area contributed by atoms with Crippen LogP contribution < -0.4 is 10.4 Å². The van der Waals surface area contributed by atoms with Crippen molar-refractivity contribution < 1.29 is 13.9 Å². The first-order valence-corrected chi connectivity index (χ1v) is 6.18. The third-order valence-corrected chi connectivity index (χ3v) is 3.05. The van der Waals surface area contributed by atoms with Crippen molar-refractivity contribution in [3.8, 4) is 11.4 Å². The van der Waals surface area contributed by atoms with E-state index in [0.717, 1.165) is 15.8 Å². The zero-order valence-electron chi connectivity index (χ0n) is 10.8. The second-order valence-corrected chi connectivity index (χ2v) is 4.51. The van der Waals surface area contributed by atoms with Gasteiger partial charge in [-0.2, -0.15) is 9.36 Å². The molecule has 1 saturated heterocycles. The highest BCUT2D eigenvalue weighted by Gasteiger charge is 2.21. The van der Waals surface area contributed by atoms with Gasteiger partial charge in [-0.05, 0) is 22.6 Å². The average Bonchev–Trinajstić information content (AvgIpc) is 3.03. The molecular formula is C12H13FN4O3. The number of hydrogen-bond acceptors (Lipinski definition) is 5. The first-order chi connectivity index (χ1) is 9.65. The first kappa shape index (κ1) is 12.8. The molecule has 0 spiro atoms. The summed E-state index contributed by atoms with van der Waals surface area (Å²) in [5.74, 6) is -0.192. The third kappa shape index (κ3) is 2.29. The first-order valence-electron chi connectivity index (χ1n) is 6.18. The van der Waals surface area contributed by atoms with Crippen LogP contribution in [-0.4, -0.2) is 39.1 Å². The summed E-state index contributed by atoms with van der Waals surface area (Å²) >= 11 is 0. The Hall–Kier alpha value is -2.22. The molecule has 2 heterocycles. The second kappa shape index (κ2) is 5.04. The maximum Gasteiger partial charge on any atom is 0.368 e. The molecule has 1 aromatic carbocycles. The lowest BCUT2D eigenvalue weighted by Crippen LogP contribution is -2.23. The molecule has 0 N–H and O–H groups in total. The predicted molar refractivity (Wildman–Crippen MR) is 66.4 cm³/mol. The largest absolute Gasteiger partial charge is 0.486 e. The van der Waals surface area contributed by atoms with Crippen LogP contribution in [-0.2, 0) is 11.8 Å². The Kier molecular flexibility index (Phi) is 3.23. The highest BCUT2D eigenvalue weighted by Crippen LogP contribution is 2.25. The van der Waals surface area contributed by atoms with Gasteiger partial charge in [-0.1, -0.05) is 0 Å². The molecule has 1 fully saturated rings. The molecule has 0 bridgehead atoms. The molecule has 0 radical (unpaired) electrons. The molecule has 106 valence electrons. The summed E-state index contributed by atoms with van der Waals surface area (Å²) in [7, 11) is 1.49. The number of benzene rings is 1. The van der Waals surface area contributed by atoms with Gasteiger partial charge in [0.05, 0.1) is 13.2 Å². The number of ether oxygens (including phenoxy) is 2. The molecule has 2 aromatic rings. The Bertz CT molecular complexity index is 676. The quantitative estimate of drug-likeness (QED) is 0.807. The number of nitrogens with zero attached hydrogens (tertiary/aromatic N) is 4. The van der Waals surface area contributed by atoms with Crippen molar-refractivity contribution in [2.75, 3.05) is 13.2 Å². The lowest BCUT2D eigenvalue weighted by atomic mass is 10.2. The van der Waals surface area contributed by atoms with Crippen LogP contribution in [0.5, 0.6) is 5.75 Å². The molecule has 1 unspecified atom stereocenters. The number of aromatic nitrogens is 4. The van der Waals surface area contributed by atoms with Gasteiger partial charge in [0, 0.05) is 19.5 Å². The fourth-order valence-corrected chi connectivity index (χ4v) is 2.01. The summed E-state index contributed by atoms with van der Waals surface area (Å²) in [6.07, 6.45) is 0.577. The van der Waals surface area contributed by atoms with Gasteiger partial charge in [0.1, 0.15) is 23.4 Å². The van der Waals surface area contributed by atoms with E-state index in [4.69, 9.17) is 9.47 Å². The summed E-state index contributed by atoms with van der Waals surface area (Å²) in [6, 6.07) is 3.92. The van der Waals surface area contributed by atoms with E-state index >= 15 is 0 Å². The fourth-order valence-electron chi connectivity index (χ4n) is 2.01. The third-order valence-electron chi connectivity index (χ3n) is 3.05. The van der Waals surface area contributed by atoms with Crippen molar-refractivity contribution in [1.29, 1.82) is 0 Å². The number of hydrogen-bond donors (Lipinski definition) is 0. The van der Waals surface area contributed by atoms with E-state index in [0.29, 0.717) is 18.9 Å². The van der Waals surface area contributed by atoms with Crippen molar-refractivity contribution in [3.63, 3.8) is 0 Å². The van der Waals surface area contributed by atoms with Crippen LogP contribution in [0, 0.1) is 5.82 Å². The fraction of sp³-hybridized carbons (Fsp3) is 0.417. The van der Waals surface area contributed by atoms with Crippen LogP contribution in [0.4, 0.5) is 4.39 Å². The molecule has 7 nitrogen and oxygen atoms in total. The molecule has 20 heavy (non-hydrogen) atoms. The lowest BCUT2D eigenvalue weighted by molar-refractivity contribution is 0.141. The number of halogens is 1. The maximum absolute atomic E-state index is 13.4. The molecule has 0 aliphatic carbocycles. The molecule has 1 atom stereocenters. The summed E-state index contributed by atoms with van der Waals surface area (Å²) in [4.78, 5) is 11.9. The minimum Gasteiger partial charge on any atom is -0.486 e. The van der Waals surface area contributed by atoms with Gasteiger partial charge in [-0.15, -0.1) is 0 Å². The molecule has 1 aliphatic rings. The van der Waals surface area contributed by atoms with Gasteiger partial charge < -0.3 is 9.47 Å². The zero-order chi connectivity index (χ0) is 14.1. The topological polar surface area (TPSA) is 71.2 Å². The van der Waals surface area contributed by atoms with Gasteiger partial charge in [-0.25, -0.2) is 9.18 Å². The van der Waals surface area contributed by atoms with Gasteiger partial charge in [0.2, 0.25) is 0 Å². The van der Waals surface area contributed by atoms with Crippen molar-refractivity contribution in [2.45, 2.75) is 12.5 Å². The molecule has 0 saturated carbocycles. The predicted octanol–water partition coefficient (Wildman–Crippen LogP) is 0.273. The van der Waals surface area contributed by atoms with Crippen LogP contribution in [0.25, 0.3) is 5.69 Å². The van der Waals surface area contributed by atoms with Crippen LogP contribution >= 0.6 is 0 Å². The monoisotopic (exact) mass is 280 g/mol. The zero-order valence-corrected chi connectivity index (χ0v) is 10.8. The minimum absolute atomic E-state index is 0.150. The summed E-state index contributed by atoms with van der Waals surface area (Å²) in [5, 5.41) is 7.36. The smallest absolute Gasteiger partial charge is 0.368 e. The molecule has 1 aliphatic heterocycles. The number of rotatable bonds is 3. The Labute approximate surface area is 113 Å². The van der Waals surface area contributed by atoms with E-state index in [1.807, 2.05) is 0 Å². The van der Waals surface area contributed by atoms with E-state index in [-0.39, 0.29) is 11.9 Å². The standard InChI is InChI=1S/C12H13FN4O3/c1-16-12(18)17(15-14-16)10-3-2-8(13)6-11(10)20-9-4-5-19-7-9/h2-3,6,9H,4-5,7H2,1H3. The van der Waals surface area contributed by atoms with Crippen LogP contribution in [0.2, 0.25) is 0 Å². The Morgan fingerprint density at radius 3 is 2.95 bits per heavy atom. The highest BCUT2D eigenvalue weighted by molar-refractivity contribution is 5.46. The van der Waals surface area contributed by atoms with Crippen LogP contribution in [0.15, 0.2) is 23.0 Å². The van der Waals surface area contributed by atoms with E-state index in [1.54, 1.807) is 0 Å². The van der Waals surface area contributed by atoms with E-state index < -0.39 is 11.5 Å². The molecule has 8 heteroatoms. The van der Waals surface area contributed by atoms with Crippen molar-refractivity contribution >= 4 is 0 Å². The van der Waals surface area contributed by atoms with Gasteiger partial charge >= 0.3 is 5.69 Å². The maximum atomic E-state index is 13.4. The summed E-state index contributed by atoms with van der Waals surface area (Å²) < 4.78 is 26.5. The van der Waals surface area contributed by atoms with Crippen molar-refractivity contribution in [1.82, 2.24) is 19.8 Å². The molecular weight excluding hydrogens is 267 g/mol. The summed E-state index contributed by atoms with van der Waals surface area (Å²) in [6.45, 7) is 1.06. The molecule has 1 aromatic heterocycles. The van der Waals surface area contributed by atoms with Crippen LogP contribution in [0.3, 0.4) is 0 Å². The SMILES string of the molecule is Cn1nnn(-c2ccc(F)cc2OC2CCOC2)c1=O. The van der Waals surface area contributed by atoms with E-state index in [2.05, 4.69) is 10.4 Å². The number of aryl methyl sites for hydroxylation is 1. The van der Waals surface area contributed by atoms with Crippen molar-refractivity contribution in [2.24, 2.45) is 7.05 Å². The van der Waals surface area contributed by atoms with Gasteiger partial charge in [0.25, 0.3) is 0 Å². The Balaban J connectivity index is 2.01. The molecule has 0 amide bonds. The second-order valence-electron chi connectivity index (χ2n) is 4.51. The number of tetrazole rings is 1. The Morgan fingerprint density at radius 1 is 1.45 bits per heavy atom. The van der Waals surface area contributed by atoms with E-state index in [9.17, 15) is 9.18 Å². The van der Waals surface area contributed by atoms with Crippen LogP contribution in [0.1, 0.15) is 6.42 Å². The molecule has 3 rings (SSSR count). The van der Waals surface area contributed by atoms with Crippen molar-refractivity contribution in [3.05, 3.63) is 34.5 Å². The lowest BCUT2D eigenvalue weighted by Gasteiger charge is -2.14. The van der Waals surface area contributed by atoms with Gasteiger partial charge in [-0.3, -0.25) is 0 Å². The van der Waals surface area contributed by atoms with Gasteiger partial charge in [0.15, 0.2) is 0 Å².